The van der Waals surface area contributed by atoms with Gasteiger partial charge >= 0.3 is 0 Å². The predicted molar refractivity (Wildman–Crippen MR) is 34.0 cm³/mol. The molecule has 9 heavy (non-hydrogen) atoms. The van der Waals surface area contributed by atoms with E-state index in [-0.39, 0.29) is 11.9 Å². The van der Waals surface area contributed by atoms with Gasteiger partial charge in [0, 0.05) is 6.42 Å². The smallest absolute Gasteiger partial charge is 0.130 e. The summed E-state index contributed by atoms with van der Waals surface area (Å²) in [6, 6.07) is 0. The largest absolute Gasteiger partial charge is 0.393 e. The second kappa shape index (κ2) is 2.48. The number of aliphatic hydroxyl groups is 1. The number of hydrogen-bond acceptors (Lipinski definition) is 2. The van der Waals surface area contributed by atoms with E-state index in [0.29, 0.717) is 12.3 Å². The molecule has 0 radical (unpaired) electrons. The molecule has 0 unspecified atom stereocenters. The van der Waals surface area contributed by atoms with Crippen LogP contribution in [-0.4, -0.2) is 17.0 Å². The molecule has 0 bridgehead atoms. The molecule has 0 aromatic heterocycles. The molecule has 1 saturated carbocycles. The van der Waals surface area contributed by atoms with E-state index < -0.39 is 0 Å². The van der Waals surface area contributed by atoms with Crippen LogP contribution in [0.4, 0.5) is 0 Å². The summed E-state index contributed by atoms with van der Waals surface area (Å²) in [7, 11) is 0. The van der Waals surface area contributed by atoms with Crippen molar-refractivity contribution in [2.45, 2.75) is 32.3 Å². The number of hydrogen-bond donors (Lipinski definition) is 1. The molecular weight excluding hydrogens is 116 g/mol. The average Bonchev–Trinajstić information content (AvgIpc) is 1.60. The van der Waals surface area contributed by atoms with Gasteiger partial charge in [0.25, 0.3) is 0 Å². The zero-order valence-corrected chi connectivity index (χ0v) is 5.63. The monoisotopic (exact) mass is 128 g/mol. The van der Waals surface area contributed by atoms with E-state index in [1.165, 1.54) is 0 Å². The average molecular weight is 128 g/mol. The topological polar surface area (TPSA) is 37.3 Å². The third-order valence-corrected chi connectivity index (χ3v) is 1.79. The summed E-state index contributed by atoms with van der Waals surface area (Å²) in [5.41, 5.74) is 0. The van der Waals surface area contributed by atoms with Gasteiger partial charge in [-0.3, -0.25) is 0 Å². The summed E-state index contributed by atoms with van der Waals surface area (Å²) < 4.78 is 0. The van der Waals surface area contributed by atoms with Crippen LogP contribution in [0, 0.1) is 5.92 Å². The quantitative estimate of drug-likeness (QED) is 0.595. The van der Waals surface area contributed by atoms with Gasteiger partial charge in [0.15, 0.2) is 0 Å². The van der Waals surface area contributed by atoms with E-state index in [1.807, 2.05) is 0 Å². The molecule has 0 aromatic carbocycles. The fourth-order valence-corrected chi connectivity index (χ4v) is 1.27. The Morgan fingerprint density at radius 2 is 2.22 bits per heavy atom. The molecule has 2 heteroatoms. The van der Waals surface area contributed by atoms with E-state index in [1.54, 1.807) is 6.92 Å². The van der Waals surface area contributed by atoms with Crippen LogP contribution < -0.4 is 0 Å². The number of rotatable bonds is 2. The van der Waals surface area contributed by atoms with E-state index >= 15 is 0 Å². The van der Waals surface area contributed by atoms with Gasteiger partial charge in [0.1, 0.15) is 5.78 Å². The Bertz CT molecular complexity index is 114. The van der Waals surface area contributed by atoms with E-state index in [2.05, 4.69) is 0 Å². The standard InChI is InChI=1S/C7H12O2/c1-5(8)2-6-3-7(9)4-6/h6-7,9H,2-4H2,1H3. The molecule has 0 amide bonds. The first-order valence-corrected chi connectivity index (χ1v) is 3.36. The van der Waals surface area contributed by atoms with Gasteiger partial charge in [-0.2, -0.15) is 0 Å². The van der Waals surface area contributed by atoms with Crippen molar-refractivity contribution in [1.29, 1.82) is 0 Å². The molecule has 1 rings (SSSR count). The lowest BCUT2D eigenvalue weighted by atomic mass is 9.79. The highest BCUT2D eigenvalue weighted by Crippen LogP contribution is 2.29. The predicted octanol–water partition coefficient (Wildman–Crippen LogP) is 0.736. The van der Waals surface area contributed by atoms with Crippen LogP contribution in [0.5, 0.6) is 0 Å². The highest BCUT2D eigenvalue weighted by atomic mass is 16.3. The maximum absolute atomic E-state index is 10.5. The van der Waals surface area contributed by atoms with Crippen molar-refractivity contribution in [3.05, 3.63) is 0 Å². The molecule has 1 N–H and O–H groups in total. The first kappa shape index (κ1) is 6.75. The Morgan fingerprint density at radius 3 is 2.56 bits per heavy atom. The maximum Gasteiger partial charge on any atom is 0.130 e. The number of carbonyl (C=O) groups excluding carboxylic acids is 1. The maximum atomic E-state index is 10.5. The molecule has 1 aliphatic rings. The first-order valence-electron chi connectivity index (χ1n) is 3.36. The Labute approximate surface area is 54.9 Å². The van der Waals surface area contributed by atoms with Crippen LogP contribution in [-0.2, 0) is 4.79 Å². The molecule has 2 nitrogen and oxygen atoms in total. The molecule has 0 heterocycles. The van der Waals surface area contributed by atoms with E-state index in [4.69, 9.17) is 5.11 Å². The first-order chi connectivity index (χ1) is 4.18. The normalized spacial score (nSPS) is 33.6. The number of ketones is 1. The van der Waals surface area contributed by atoms with Crippen molar-refractivity contribution >= 4 is 5.78 Å². The Balaban J connectivity index is 2.11. The minimum atomic E-state index is -0.116. The molecular formula is C7H12O2. The molecule has 52 valence electrons. The highest BCUT2D eigenvalue weighted by molar-refractivity contribution is 5.75. The summed E-state index contributed by atoms with van der Waals surface area (Å²) in [6.45, 7) is 1.60. The van der Waals surface area contributed by atoms with Gasteiger partial charge in [-0.1, -0.05) is 0 Å². The lowest BCUT2D eigenvalue weighted by Gasteiger charge is -2.30. The molecule has 0 spiro atoms. The Kier molecular flexibility index (Phi) is 1.86. The minimum absolute atomic E-state index is 0.116. The van der Waals surface area contributed by atoms with Crippen LogP contribution in [0.2, 0.25) is 0 Å². The molecule has 0 aromatic rings. The van der Waals surface area contributed by atoms with Crippen molar-refractivity contribution in [3.63, 3.8) is 0 Å². The lowest BCUT2D eigenvalue weighted by molar-refractivity contribution is -0.119. The van der Waals surface area contributed by atoms with Crippen LogP contribution >= 0.6 is 0 Å². The third-order valence-electron chi connectivity index (χ3n) is 1.79. The Hall–Kier alpha value is -0.370. The van der Waals surface area contributed by atoms with Gasteiger partial charge in [-0.25, -0.2) is 0 Å². The molecule has 1 aliphatic carbocycles. The summed E-state index contributed by atoms with van der Waals surface area (Å²) in [5, 5.41) is 8.82. The van der Waals surface area contributed by atoms with Gasteiger partial charge in [0.2, 0.25) is 0 Å². The van der Waals surface area contributed by atoms with Crippen LogP contribution in [0.3, 0.4) is 0 Å². The summed E-state index contributed by atoms with van der Waals surface area (Å²) in [4.78, 5) is 10.5. The molecule has 0 aliphatic heterocycles. The van der Waals surface area contributed by atoms with Gasteiger partial charge in [-0.05, 0) is 25.7 Å². The van der Waals surface area contributed by atoms with Crippen molar-refractivity contribution in [1.82, 2.24) is 0 Å². The number of Topliss-reactive ketones (excluding diaryl/α,β-unsaturated/α-hetero) is 1. The van der Waals surface area contributed by atoms with Crippen LogP contribution in [0.25, 0.3) is 0 Å². The summed E-state index contributed by atoms with van der Waals surface area (Å²) in [5.74, 6) is 0.726. The second-order valence-electron chi connectivity index (χ2n) is 2.90. The second-order valence-corrected chi connectivity index (χ2v) is 2.90. The zero-order chi connectivity index (χ0) is 6.85. The third kappa shape index (κ3) is 1.79. The van der Waals surface area contributed by atoms with Crippen molar-refractivity contribution < 1.29 is 9.90 Å². The Morgan fingerprint density at radius 1 is 1.67 bits per heavy atom. The summed E-state index contributed by atoms with van der Waals surface area (Å²) >= 11 is 0. The fourth-order valence-electron chi connectivity index (χ4n) is 1.27. The molecule has 1 fully saturated rings. The van der Waals surface area contributed by atoms with E-state index in [9.17, 15) is 4.79 Å². The van der Waals surface area contributed by atoms with Gasteiger partial charge in [0.05, 0.1) is 6.10 Å². The molecule has 0 atom stereocenters. The zero-order valence-electron chi connectivity index (χ0n) is 5.63. The van der Waals surface area contributed by atoms with Gasteiger partial charge in [-0.15, -0.1) is 0 Å². The number of aliphatic hydroxyl groups excluding tert-OH is 1. The van der Waals surface area contributed by atoms with Crippen LogP contribution in [0.1, 0.15) is 26.2 Å². The van der Waals surface area contributed by atoms with E-state index in [0.717, 1.165) is 12.8 Å². The SMILES string of the molecule is CC(=O)CC1CC(O)C1. The van der Waals surface area contributed by atoms with Crippen molar-refractivity contribution in [2.24, 2.45) is 5.92 Å². The fraction of sp³-hybridized carbons (Fsp3) is 0.857. The van der Waals surface area contributed by atoms with Crippen LogP contribution in [0.15, 0.2) is 0 Å². The number of carbonyl (C=O) groups is 1. The molecule has 0 saturated heterocycles. The van der Waals surface area contributed by atoms with Gasteiger partial charge < -0.3 is 9.90 Å². The highest BCUT2D eigenvalue weighted by Gasteiger charge is 2.27. The van der Waals surface area contributed by atoms with Crippen molar-refractivity contribution in [3.8, 4) is 0 Å². The lowest BCUT2D eigenvalue weighted by Crippen LogP contribution is -2.29. The summed E-state index contributed by atoms with van der Waals surface area (Å²) in [6.07, 6.45) is 2.21. The van der Waals surface area contributed by atoms with Crippen molar-refractivity contribution in [2.75, 3.05) is 0 Å². The minimum Gasteiger partial charge on any atom is -0.393 e.